The molecule has 1 unspecified atom stereocenters. The monoisotopic (exact) mass is 313 g/mol. The lowest BCUT2D eigenvalue weighted by Crippen LogP contribution is -2.43. The molecule has 6 heteroatoms. The van der Waals surface area contributed by atoms with Gasteiger partial charge in [0.05, 0.1) is 24.6 Å². The lowest BCUT2D eigenvalue weighted by molar-refractivity contribution is -0.117. The van der Waals surface area contributed by atoms with Crippen LogP contribution in [0.2, 0.25) is 0 Å². The molecule has 1 fully saturated rings. The molecule has 2 rings (SSSR count). The lowest BCUT2D eigenvalue weighted by Gasteiger charge is -2.23. The van der Waals surface area contributed by atoms with Gasteiger partial charge in [0.15, 0.2) is 0 Å². The van der Waals surface area contributed by atoms with Crippen LogP contribution in [0, 0.1) is 6.92 Å². The van der Waals surface area contributed by atoms with E-state index < -0.39 is 0 Å². The number of aromatic nitrogens is 1. The molecule has 0 aliphatic carbocycles. The van der Waals surface area contributed by atoms with Crippen LogP contribution in [0.25, 0.3) is 0 Å². The van der Waals surface area contributed by atoms with Crippen molar-refractivity contribution >= 4 is 27.5 Å². The molecule has 98 valence electrons. The largest absolute Gasteiger partial charge is 0.378 e. The molecule has 0 saturated carbocycles. The van der Waals surface area contributed by atoms with E-state index in [0.717, 1.165) is 22.5 Å². The maximum Gasteiger partial charge on any atom is 0.226 e. The van der Waals surface area contributed by atoms with Crippen molar-refractivity contribution in [3.05, 3.63) is 22.4 Å². The quantitative estimate of drug-likeness (QED) is 0.830. The number of rotatable bonds is 3. The Kier molecular flexibility index (Phi) is 4.68. The number of anilines is 1. The summed E-state index contributed by atoms with van der Waals surface area (Å²) in [6, 6.07) is 3.75. The van der Waals surface area contributed by atoms with Crippen molar-refractivity contribution in [2.45, 2.75) is 19.4 Å². The van der Waals surface area contributed by atoms with Gasteiger partial charge in [-0.15, -0.1) is 0 Å². The third-order valence-corrected chi connectivity index (χ3v) is 3.20. The Morgan fingerprint density at radius 3 is 3.17 bits per heavy atom. The van der Waals surface area contributed by atoms with E-state index in [-0.39, 0.29) is 11.9 Å². The zero-order valence-electron chi connectivity index (χ0n) is 10.2. The van der Waals surface area contributed by atoms with Gasteiger partial charge in [-0.05, 0) is 35.0 Å². The number of halogens is 1. The van der Waals surface area contributed by atoms with E-state index in [2.05, 4.69) is 31.5 Å². The first kappa shape index (κ1) is 13.5. The molecule has 2 N–H and O–H groups in total. The topological polar surface area (TPSA) is 63.2 Å². The van der Waals surface area contributed by atoms with Gasteiger partial charge in [-0.2, -0.15) is 0 Å². The summed E-state index contributed by atoms with van der Waals surface area (Å²) in [6.07, 6.45) is 0.412. The van der Waals surface area contributed by atoms with Crippen LogP contribution in [0.15, 0.2) is 16.7 Å². The highest BCUT2D eigenvalue weighted by molar-refractivity contribution is 9.10. The Morgan fingerprint density at radius 1 is 1.67 bits per heavy atom. The van der Waals surface area contributed by atoms with Crippen LogP contribution < -0.4 is 10.6 Å². The highest BCUT2D eigenvalue weighted by atomic mass is 79.9. The van der Waals surface area contributed by atoms with Crippen molar-refractivity contribution in [2.75, 3.05) is 25.1 Å². The standard InChI is InChI=1S/C12H16BrN3O2/c1-8-10(2-3-11(13)15-8)16-12(17)6-9-7-18-5-4-14-9/h2-3,9,14H,4-7H2,1H3,(H,16,17). The number of hydrogen-bond acceptors (Lipinski definition) is 4. The summed E-state index contributed by atoms with van der Waals surface area (Å²) in [5.74, 6) is -0.0229. The van der Waals surface area contributed by atoms with E-state index in [1.165, 1.54) is 0 Å². The van der Waals surface area contributed by atoms with Gasteiger partial charge < -0.3 is 15.4 Å². The first-order valence-electron chi connectivity index (χ1n) is 5.89. The van der Waals surface area contributed by atoms with Crippen LogP contribution in [-0.2, 0) is 9.53 Å². The Balaban J connectivity index is 1.90. The summed E-state index contributed by atoms with van der Waals surface area (Å²) < 4.78 is 6.08. The van der Waals surface area contributed by atoms with Crippen LogP contribution in [0.3, 0.4) is 0 Å². The van der Waals surface area contributed by atoms with Crippen molar-refractivity contribution in [1.82, 2.24) is 10.3 Å². The van der Waals surface area contributed by atoms with Gasteiger partial charge in [0.25, 0.3) is 0 Å². The predicted octanol–water partition coefficient (Wildman–Crippen LogP) is 1.47. The fourth-order valence-corrected chi connectivity index (χ4v) is 2.24. The average Bonchev–Trinajstić information content (AvgIpc) is 2.34. The van der Waals surface area contributed by atoms with E-state index in [0.29, 0.717) is 19.6 Å². The molecule has 5 nitrogen and oxygen atoms in total. The Morgan fingerprint density at radius 2 is 2.50 bits per heavy atom. The second kappa shape index (κ2) is 6.26. The number of amides is 1. The normalized spacial score (nSPS) is 19.6. The Bertz CT molecular complexity index is 433. The molecule has 1 aromatic rings. The molecule has 0 bridgehead atoms. The van der Waals surface area contributed by atoms with Crippen molar-refractivity contribution in [1.29, 1.82) is 0 Å². The van der Waals surface area contributed by atoms with E-state index in [4.69, 9.17) is 4.74 Å². The molecule has 0 aromatic carbocycles. The molecule has 0 spiro atoms. The first-order chi connectivity index (χ1) is 8.65. The number of nitrogens with zero attached hydrogens (tertiary/aromatic N) is 1. The van der Waals surface area contributed by atoms with Gasteiger partial charge in [-0.3, -0.25) is 4.79 Å². The molecule has 1 atom stereocenters. The smallest absolute Gasteiger partial charge is 0.226 e. The summed E-state index contributed by atoms with van der Waals surface area (Å²) in [4.78, 5) is 16.1. The minimum Gasteiger partial charge on any atom is -0.378 e. The third-order valence-electron chi connectivity index (χ3n) is 2.76. The molecule has 1 amide bonds. The van der Waals surface area contributed by atoms with Crippen LogP contribution in [0.1, 0.15) is 12.1 Å². The molecular formula is C12H16BrN3O2. The summed E-state index contributed by atoms with van der Waals surface area (Å²) >= 11 is 3.29. The third kappa shape index (κ3) is 3.76. The van der Waals surface area contributed by atoms with Crippen molar-refractivity contribution in [3.63, 3.8) is 0 Å². The molecular weight excluding hydrogens is 298 g/mol. The van der Waals surface area contributed by atoms with Gasteiger partial charge in [-0.1, -0.05) is 0 Å². The highest BCUT2D eigenvalue weighted by Gasteiger charge is 2.17. The molecule has 1 aliphatic rings. The predicted molar refractivity (Wildman–Crippen MR) is 72.5 cm³/mol. The second-order valence-corrected chi connectivity index (χ2v) is 5.06. The highest BCUT2D eigenvalue weighted by Crippen LogP contribution is 2.16. The molecule has 18 heavy (non-hydrogen) atoms. The van der Waals surface area contributed by atoms with Gasteiger partial charge in [0.1, 0.15) is 4.60 Å². The van der Waals surface area contributed by atoms with E-state index in [1.54, 1.807) is 0 Å². The SMILES string of the molecule is Cc1nc(Br)ccc1NC(=O)CC1COCCN1. The number of carbonyl (C=O) groups excluding carboxylic acids is 1. The van der Waals surface area contributed by atoms with Crippen LogP contribution in [0.5, 0.6) is 0 Å². The van der Waals surface area contributed by atoms with Gasteiger partial charge in [-0.25, -0.2) is 4.98 Å². The van der Waals surface area contributed by atoms with E-state index in [1.807, 2.05) is 19.1 Å². The fraction of sp³-hybridized carbons (Fsp3) is 0.500. The van der Waals surface area contributed by atoms with Crippen molar-refractivity contribution in [3.8, 4) is 0 Å². The van der Waals surface area contributed by atoms with Gasteiger partial charge in [0, 0.05) is 19.0 Å². The molecule has 2 heterocycles. The van der Waals surface area contributed by atoms with Gasteiger partial charge >= 0.3 is 0 Å². The Labute approximate surface area is 114 Å². The Hall–Kier alpha value is -0.980. The average molecular weight is 314 g/mol. The minimum atomic E-state index is -0.0229. The summed E-state index contributed by atoms with van der Waals surface area (Å²) in [5.41, 5.74) is 1.55. The molecule has 0 radical (unpaired) electrons. The van der Waals surface area contributed by atoms with Crippen molar-refractivity contribution < 1.29 is 9.53 Å². The number of ether oxygens (including phenoxy) is 1. The van der Waals surface area contributed by atoms with E-state index in [9.17, 15) is 4.79 Å². The zero-order chi connectivity index (χ0) is 13.0. The molecule has 1 saturated heterocycles. The van der Waals surface area contributed by atoms with Crippen LogP contribution >= 0.6 is 15.9 Å². The maximum absolute atomic E-state index is 11.9. The molecule has 1 aromatic heterocycles. The number of aryl methyl sites for hydroxylation is 1. The maximum atomic E-state index is 11.9. The summed E-state index contributed by atoms with van der Waals surface area (Å²) in [6.45, 7) is 3.97. The van der Waals surface area contributed by atoms with Crippen LogP contribution in [0.4, 0.5) is 5.69 Å². The number of hydrogen-bond donors (Lipinski definition) is 2. The van der Waals surface area contributed by atoms with Crippen molar-refractivity contribution in [2.24, 2.45) is 0 Å². The number of nitrogens with one attached hydrogen (secondary N) is 2. The number of carbonyl (C=O) groups is 1. The number of pyridine rings is 1. The minimum absolute atomic E-state index is 0.0229. The lowest BCUT2D eigenvalue weighted by atomic mass is 10.2. The van der Waals surface area contributed by atoms with E-state index >= 15 is 0 Å². The van der Waals surface area contributed by atoms with Crippen LogP contribution in [-0.4, -0.2) is 36.7 Å². The number of morpholine rings is 1. The zero-order valence-corrected chi connectivity index (χ0v) is 11.8. The molecule has 1 aliphatic heterocycles. The fourth-order valence-electron chi connectivity index (χ4n) is 1.84. The summed E-state index contributed by atoms with van der Waals surface area (Å²) in [7, 11) is 0. The second-order valence-electron chi connectivity index (χ2n) is 4.25. The summed E-state index contributed by atoms with van der Waals surface area (Å²) in [5, 5.41) is 6.12. The van der Waals surface area contributed by atoms with Gasteiger partial charge in [0.2, 0.25) is 5.91 Å². The first-order valence-corrected chi connectivity index (χ1v) is 6.68.